The Bertz CT molecular complexity index is 1050. The molecule has 0 aliphatic heterocycles. The van der Waals surface area contributed by atoms with Gasteiger partial charge >= 0.3 is 11.9 Å². The van der Waals surface area contributed by atoms with Gasteiger partial charge in [0.05, 0.1) is 6.61 Å². The number of fused-ring (bicyclic) bond motifs is 3. The third-order valence-corrected chi connectivity index (χ3v) is 4.60. The molecule has 28 heavy (non-hydrogen) atoms. The number of ether oxygens (including phenoxy) is 2. The van der Waals surface area contributed by atoms with Crippen molar-refractivity contribution in [3.63, 3.8) is 0 Å². The SMILES string of the molecule is C=C(C)C(=O)Oc1ccc2c(ccc3cc(CCCCOC(C)=O)ccc32)c1. The van der Waals surface area contributed by atoms with E-state index in [0.717, 1.165) is 30.0 Å². The standard InChI is InChI=1S/C24H24O4/c1-16(2)24(26)28-21-10-12-23-20(15-21)9-8-19-14-18(7-11-22(19)23)6-4-5-13-27-17(3)25/h7-12,14-15H,1,4-6,13H2,2-3H3. The number of hydrogen-bond donors (Lipinski definition) is 0. The lowest BCUT2D eigenvalue weighted by Gasteiger charge is -2.09. The highest BCUT2D eigenvalue weighted by atomic mass is 16.5. The van der Waals surface area contributed by atoms with Crippen molar-refractivity contribution in [1.29, 1.82) is 0 Å². The molecule has 0 saturated heterocycles. The molecular formula is C24H24O4. The summed E-state index contributed by atoms with van der Waals surface area (Å²) >= 11 is 0. The number of benzene rings is 3. The summed E-state index contributed by atoms with van der Waals surface area (Å²) < 4.78 is 10.3. The molecule has 0 bridgehead atoms. The normalized spacial score (nSPS) is 10.8. The first-order valence-corrected chi connectivity index (χ1v) is 9.40. The number of carbonyl (C=O) groups is 2. The first-order chi connectivity index (χ1) is 13.4. The van der Waals surface area contributed by atoms with Crippen molar-refractivity contribution in [2.45, 2.75) is 33.1 Å². The van der Waals surface area contributed by atoms with Gasteiger partial charge < -0.3 is 9.47 Å². The molecule has 0 amide bonds. The minimum atomic E-state index is -0.418. The van der Waals surface area contributed by atoms with Crippen LogP contribution in [0.4, 0.5) is 0 Å². The second kappa shape index (κ2) is 8.70. The highest BCUT2D eigenvalue weighted by Crippen LogP contribution is 2.29. The van der Waals surface area contributed by atoms with Crippen LogP contribution >= 0.6 is 0 Å². The van der Waals surface area contributed by atoms with Crippen LogP contribution in [0.25, 0.3) is 21.5 Å². The molecule has 3 rings (SSSR count). The summed E-state index contributed by atoms with van der Waals surface area (Å²) in [4.78, 5) is 22.5. The molecule has 4 heteroatoms. The van der Waals surface area contributed by atoms with Gasteiger partial charge in [-0.15, -0.1) is 0 Å². The molecule has 4 nitrogen and oxygen atoms in total. The first kappa shape index (κ1) is 19.6. The summed E-state index contributed by atoms with van der Waals surface area (Å²) in [5.41, 5.74) is 1.64. The van der Waals surface area contributed by atoms with Gasteiger partial charge in [-0.2, -0.15) is 0 Å². The largest absolute Gasteiger partial charge is 0.466 e. The van der Waals surface area contributed by atoms with E-state index in [1.807, 2.05) is 24.3 Å². The van der Waals surface area contributed by atoms with Gasteiger partial charge in [0.1, 0.15) is 5.75 Å². The van der Waals surface area contributed by atoms with Gasteiger partial charge in [0.2, 0.25) is 0 Å². The second-order valence-electron chi connectivity index (χ2n) is 6.97. The van der Waals surface area contributed by atoms with Crippen LogP contribution in [0.3, 0.4) is 0 Å². The Kier molecular flexibility index (Phi) is 6.09. The summed E-state index contributed by atoms with van der Waals surface area (Å²) in [5.74, 6) is -0.127. The van der Waals surface area contributed by atoms with Gasteiger partial charge in [-0.3, -0.25) is 4.79 Å². The van der Waals surface area contributed by atoms with Gasteiger partial charge in [0.15, 0.2) is 0 Å². The first-order valence-electron chi connectivity index (χ1n) is 9.40. The fourth-order valence-corrected chi connectivity index (χ4v) is 3.16. The fourth-order valence-electron chi connectivity index (χ4n) is 3.16. The predicted molar refractivity (Wildman–Crippen MR) is 111 cm³/mol. The minimum absolute atomic E-state index is 0.227. The van der Waals surface area contributed by atoms with E-state index in [2.05, 4.69) is 30.8 Å². The Labute approximate surface area is 164 Å². The third kappa shape index (κ3) is 4.77. The Morgan fingerprint density at radius 1 is 0.893 bits per heavy atom. The van der Waals surface area contributed by atoms with Crippen molar-refractivity contribution in [3.8, 4) is 5.75 Å². The molecule has 0 atom stereocenters. The van der Waals surface area contributed by atoms with Gasteiger partial charge in [-0.05, 0) is 65.4 Å². The zero-order chi connectivity index (χ0) is 20.1. The third-order valence-electron chi connectivity index (χ3n) is 4.60. The smallest absolute Gasteiger partial charge is 0.338 e. The van der Waals surface area contributed by atoms with Gasteiger partial charge in [-0.25, -0.2) is 4.79 Å². The summed E-state index contributed by atoms with van der Waals surface area (Å²) in [6.07, 6.45) is 2.79. The minimum Gasteiger partial charge on any atom is -0.466 e. The van der Waals surface area contributed by atoms with Gasteiger partial charge in [0, 0.05) is 12.5 Å². The van der Waals surface area contributed by atoms with Crippen LogP contribution in [0.1, 0.15) is 32.3 Å². The van der Waals surface area contributed by atoms with Crippen LogP contribution in [0, 0.1) is 0 Å². The number of rotatable bonds is 7. The molecule has 0 saturated carbocycles. The van der Waals surface area contributed by atoms with E-state index >= 15 is 0 Å². The van der Waals surface area contributed by atoms with Crippen molar-refractivity contribution in [3.05, 3.63) is 66.2 Å². The number of hydrogen-bond acceptors (Lipinski definition) is 4. The fraction of sp³-hybridized carbons (Fsp3) is 0.250. The van der Waals surface area contributed by atoms with Crippen LogP contribution in [-0.4, -0.2) is 18.5 Å². The summed E-state index contributed by atoms with van der Waals surface area (Å²) in [6, 6.07) is 16.3. The molecule has 0 unspecified atom stereocenters. The number of carbonyl (C=O) groups excluding carboxylic acids is 2. The molecule has 144 valence electrons. The Morgan fingerprint density at radius 2 is 1.57 bits per heavy atom. The number of aryl methyl sites for hydroxylation is 1. The van der Waals surface area contributed by atoms with Crippen molar-refractivity contribution < 1.29 is 19.1 Å². The highest BCUT2D eigenvalue weighted by Gasteiger charge is 2.08. The van der Waals surface area contributed by atoms with E-state index in [0.29, 0.717) is 17.9 Å². The maximum atomic E-state index is 11.7. The van der Waals surface area contributed by atoms with Crippen LogP contribution in [0.5, 0.6) is 5.75 Å². The maximum absolute atomic E-state index is 11.7. The van der Waals surface area contributed by atoms with Crippen molar-refractivity contribution in [1.82, 2.24) is 0 Å². The van der Waals surface area contributed by atoms with E-state index in [4.69, 9.17) is 9.47 Å². The lowest BCUT2D eigenvalue weighted by Crippen LogP contribution is -2.07. The Morgan fingerprint density at radius 3 is 2.25 bits per heavy atom. The molecule has 0 fully saturated rings. The molecule has 0 aromatic heterocycles. The zero-order valence-corrected chi connectivity index (χ0v) is 16.3. The van der Waals surface area contributed by atoms with Gasteiger partial charge in [0.25, 0.3) is 0 Å². The topological polar surface area (TPSA) is 52.6 Å². The molecule has 0 aliphatic carbocycles. The molecule has 0 aliphatic rings. The van der Waals surface area contributed by atoms with Crippen molar-refractivity contribution >= 4 is 33.5 Å². The quantitative estimate of drug-likeness (QED) is 0.183. The highest BCUT2D eigenvalue weighted by molar-refractivity contribution is 6.08. The molecular weight excluding hydrogens is 352 g/mol. The van der Waals surface area contributed by atoms with E-state index < -0.39 is 5.97 Å². The lowest BCUT2D eigenvalue weighted by atomic mass is 9.98. The van der Waals surface area contributed by atoms with Crippen LogP contribution in [0.2, 0.25) is 0 Å². The van der Waals surface area contributed by atoms with E-state index in [9.17, 15) is 9.59 Å². The van der Waals surface area contributed by atoms with Crippen LogP contribution in [-0.2, 0) is 20.7 Å². The number of unbranched alkanes of at least 4 members (excludes halogenated alkanes) is 1. The average molecular weight is 376 g/mol. The summed E-state index contributed by atoms with van der Waals surface area (Å²) in [7, 11) is 0. The van der Waals surface area contributed by atoms with E-state index in [-0.39, 0.29) is 5.97 Å². The van der Waals surface area contributed by atoms with Crippen molar-refractivity contribution in [2.75, 3.05) is 6.61 Å². The summed E-state index contributed by atoms with van der Waals surface area (Å²) in [5, 5.41) is 4.48. The summed E-state index contributed by atoms with van der Waals surface area (Å²) in [6.45, 7) is 7.14. The molecule has 0 N–H and O–H groups in total. The monoisotopic (exact) mass is 376 g/mol. The van der Waals surface area contributed by atoms with Gasteiger partial charge in [-0.1, -0.05) is 43.0 Å². The maximum Gasteiger partial charge on any atom is 0.338 e. The molecule has 0 spiro atoms. The predicted octanol–water partition coefficient (Wildman–Crippen LogP) is 5.36. The molecule has 0 heterocycles. The van der Waals surface area contributed by atoms with Crippen LogP contribution < -0.4 is 4.74 Å². The lowest BCUT2D eigenvalue weighted by molar-refractivity contribution is -0.141. The molecule has 3 aromatic carbocycles. The zero-order valence-electron chi connectivity index (χ0n) is 16.3. The Hall–Kier alpha value is -3.14. The molecule has 0 radical (unpaired) electrons. The average Bonchev–Trinajstić information content (AvgIpc) is 2.66. The Balaban J connectivity index is 1.76. The van der Waals surface area contributed by atoms with E-state index in [1.165, 1.54) is 23.3 Å². The van der Waals surface area contributed by atoms with E-state index in [1.54, 1.807) is 6.92 Å². The number of esters is 2. The second-order valence-corrected chi connectivity index (χ2v) is 6.97. The van der Waals surface area contributed by atoms with Crippen LogP contribution in [0.15, 0.2) is 60.7 Å². The molecule has 3 aromatic rings. The van der Waals surface area contributed by atoms with Crippen molar-refractivity contribution in [2.24, 2.45) is 0 Å².